The van der Waals surface area contributed by atoms with Gasteiger partial charge in [0.1, 0.15) is 12.4 Å². The van der Waals surface area contributed by atoms with Gasteiger partial charge in [0.25, 0.3) is 0 Å². The second kappa shape index (κ2) is 11.1. The first-order valence-corrected chi connectivity index (χ1v) is 13.6. The van der Waals surface area contributed by atoms with Crippen molar-refractivity contribution in [2.24, 2.45) is 0 Å². The number of nitrogens with zero attached hydrogens (tertiary/aromatic N) is 1. The number of methoxy groups -OCH3 is 1. The van der Waals surface area contributed by atoms with Gasteiger partial charge in [0.2, 0.25) is 15.7 Å². The molecule has 2 heterocycles. The van der Waals surface area contributed by atoms with Crippen molar-refractivity contribution in [3.05, 3.63) is 60.2 Å². The SMILES string of the molecule is COc1ccc(S(=O)(=O)C(OCC(=O)N2CCC(O)(Cc3ccccc3)CC2)C2CCCN2)cc1. The van der Waals surface area contributed by atoms with Gasteiger partial charge >= 0.3 is 0 Å². The molecule has 35 heavy (non-hydrogen) atoms. The fourth-order valence-electron chi connectivity index (χ4n) is 4.83. The maximum Gasteiger partial charge on any atom is 0.248 e. The van der Waals surface area contributed by atoms with E-state index in [0.717, 1.165) is 12.0 Å². The summed E-state index contributed by atoms with van der Waals surface area (Å²) in [5.74, 6) is 0.299. The van der Waals surface area contributed by atoms with Crippen molar-refractivity contribution in [1.82, 2.24) is 10.2 Å². The summed E-state index contributed by atoms with van der Waals surface area (Å²) < 4.78 is 37.8. The lowest BCUT2D eigenvalue weighted by atomic mass is 9.85. The van der Waals surface area contributed by atoms with Crippen LogP contribution in [0.5, 0.6) is 5.75 Å². The molecule has 2 atom stereocenters. The highest BCUT2D eigenvalue weighted by Gasteiger charge is 2.39. The van der Waals surface area contributed by atoms with E-state index in [2.05, 4.69) is 5.32 Å². The molecule has 190 valence electrons. The van der Waals surface area contributed by atoms with E-state index in [-0.39, 0.29) is 23.5 Å². The fraction of sp³-hybridized carbons (Fsp3) is 0.500. The number of amides is 1. The maximum atomic E-state index is 13.4. The quantitative estimate of drug-likeness (QED) is 0.541. The molecule has 4 rings (SSSR count). The van der Waals surface area contributed by atoms with Gasteiger partial charge in [-0.3, -0.25) is 4.79 Å². The number of benzene rings is 2. The third-order valence-electron chi connectivity index (χ3n) is 6.91. The summed E-state index contributed by atoms with van der Waals surface area (Å²) in [7, 11) is -2.32. The highest BCUT2D eigenvalue weighted by Crippen LogP contribution is 2.28. The number of piperidine rings is 1. The molecule has 2 aromatic rings. The Kier molecular flexibility index (Phi) is 8.11. The van der Waals surface area contributed by atoms with Gasteiger partial charge in [0, 0.05) is 25.6 Å². The number of nitrogens with one attached hydrogen (secondary N) is 1. The van der Waals surface area contributed by atoms with Gasteiger partial charge in [-0.15, -0.1) is 0 Å². The highest BCUT2D eigenvalue weighted by molar-refractivity contribution is 7.92. The lowest BCUT2D eigenvalue weighted by Gasteiger charge is -2.38. The van der Waals surface area contributed by atoms with Crippen LogP contribution in [0.3, 0.4) is 0 Å². The van der Waals surface area contributed by atoms with Gasteiger partial charge in [-0.05, 0) is 62.1 Å². The molecule has 9 heteroatoms. The smallest absolute Gasteiger partial charge is 0.248 e. The number of hydrogen-bond acceptors (Lipinski definition) is 7. The molecule has 2 unspecified atom stereocenters. The predicted octanol–water partition coefficient (Wildman–Crippen LogP) is 2.16. The van der Waals surface area contributed by atoms with Gasteiger partial charge in [0.05, 0.1) is 17.6 Å². The van der Waals surface area contributed by atoms with Gasteiger partial charge in [-0.2, -0.15) is 0 Å². The lowest BCUT2D eigenvalue weighted by Crippen LogP contribution is -2.50. The number of ether oxygens (including phenoxy) is 2. The number of rotatable bonds is 9. The van der Waals surface area contributed by atoms with Crippen LogP contribution < -0.4 is 10.1 Å². The molecule has 2 N–H and O–H groups in total. The molecule has 2 aliphatic rings. The average molecular weight is 503 g/mol. The number of aliphatic hydroxyl groups is 1. The van der Waals surface area contributed by atoms with Crippen molar-refractivity contribution in [2.75, 3.05) is 33.4 Å². The molecule has 0 aliphatic carbocycles. The molecule has 0 radical (unpaired) electrons. The number of likely N-dealkylation sites (tertiary alicyclic amines) is 1. The molecule has 0 aromatic heterocycles. The van der Waals surface area contributed by atoms with Crippen LogP contribution >= 0.6 is 0 Å². The van der Waals surface area contributed by atoms with Gasteiger partial charge in [0.15, 0.2) is 5.44 Å². The second-order valence-corrected chi connectivity index (χ2v) is 11.4. The zero-order valence-corrected chi connectivity index (χ0v) is 20.9. The Labute approximate surface area is 207 Å². The molecule has 0 saturated carbocycles. The molecule has 2 fully saturated rings. The summed E-state index contributed by atoms with van der Waals surface area (Å²) in [5.41, 5.74) is -0.955. The Morgan fingerprint density at radius 3 is 2.43 bits per heavy atom. The third-order valence-corrected chi connectivity index (χ3v) is 8.92. The van der Waals surface area contributed by atoms with Crippen LogP contribution in [0.2, 0.25) is 0 Å². The zero-order chi connectivity index (χ0) is 24.9. The monoisotopic (exact) mass is 502 g/mol. The summed E-state index contributed by atoms with van der Waals surface area (Å²) in [6, 6.07) is 15.6. The number of carbonyl (C=O) groups is 1. The van der Waals surface area contributed by atoms with E-state index in [4.69, 9.17) is 9.47 Å². The number of hydrogen-bond donors (Lipinski definition) is 2. The Hall–Kier alpha value is -2.46. The first-order chi connectivity index (χ1) is 16.8. The number of sulfone groups is 1. The Balaban J connectivity index is 1.38. The molecular formula is C26H34N2O6S. The van der Waals surface area contributed by atoms with E-state index >= 15 is 0 Å². The first-order valence-electron chi connectivity index (χ1n) is 12.1. The highest BCUT2D eigenvalue weighted by atomic mass is 32.2. The molecule has 2 aromatic carbocycles. The molecule has 2 saturated heterocycles. The van der Waals surface area contributed by atoms with Crippen molar-refractivity contribution in [1.29, 1.82) is 0 Å². The van der Waals surface area contributed by atoms with Crippen molar-refractivity contribution >= 4 is 15.7 Å². The minimum atomic E-state index is -3.84. The van der Waals surface area contributed by atoms with E-state index in [1.54, 1.807) is 17.0 Å². The van der Waals surface area contributed by atoms with E-state index in [1.807, 2.05) is 30.3 Å². The first kappa shape index (κ1) is 25.6. The molecule has 8 nitrogen and oxygen atoms in total. The Morgan fingerprint density at radius 1 is 1.14 bits per heavy atom. The average Bonchev–Trinajstić information content (AvgIpc) is 3.39. The van der Waals surface area contributed by atoms with Crippen molar-refractivity contribution < 1.29 is 27.8 Å². The van der Waals surface area contributed by atoms with Crippen molar-refractivity contribution in [3.8, 4) is 5.75 Å². The summed E-state index contributed by atoms with van der Waals surface area (Å²) in [5, 5.41) is 14.2. The van der Waals surface area contributed by atoms with Crippen LogP contribution in [-0.4, -0.2) is 74.8 Å². The second-order valence-electron chi connectivity index (χ2n) is 9.37. The van der Waals surface area contributed by atoms with E-state index < -0.39 is 20.9 Å². The topological polar surface area (TPSA) is 105 Å². The normalized spacial score (nSPS) is 21.0. The summed E-state index contributed by atoms with van der Waals surface area (Å²) in [4.78, 5) is 14.7. The third kappa shape index (κ3) is 6.22. The van der Waals surface area contributed by atoms with Gasteiger partial charge in [-0.1, -0.05) is 30.3 Å². The molecule has 2 aliphatic heterocycles. The summed E-state index contributed by atoms with van der Waals surface area (Å²) in [6.45, 7) is 1.20. The van der Waals surface area contributed by atoms with E-state index in [1.165, 1.54) is 19.2 Å². The van der Waals surface area contributed by atoms with Crippen LogP contribution in [-0.2, 0) is 25.8 Å². The molecule has 1 amide bonds. The van der Waals surface area contributed by atoms with E-state index in [0.29, 0.717) is 51.1 Å². The minimum Gasteiger partial charge on any atom is -0.497 e. The summed E-state index contributed by atoms with van der Waals surface area (Å²) in [6.07, 6.45) is 2.98. The predicted molar refractivity (Wildman–Crippen MR) is 132 cm³/mol. The van der Waals surface area contributed by atoms with Gasteiger partial charge < -0.3 is 24.8 Å². The van der Waals surface area contributed by atoms with Crippen LogP contribution in [0.25, 0.3) is 0 Å². The summed E-state index contributed by atoms with van der Waals surface area (Å²) >= 11 is 0. The van der Waals surface area contributed by atoms with Crippen molar-refractivity contribution in [3.63, 3.8) is 0 Å². The maximum absolute atomic E-state index is 13.4. The Morgan fingerprint density at radius 2 is 1.83 bits per heavy atom. The van der Waals surface area contributed by atoms with Gasteiger partial charge in [-0.25, -0.2) is 8.42 Å². The minimum absolute atomic E-state index is 0.133. The Bertz CT molecular complexity index is 1080. The fourth-order valence-corrected chi connectivity index (χ4v) is 6.53. The molecule has 0 spiro atoms. The zero-order valence-electron chi connectivity index (χ0n) is 20.1. The van der Waals surface area contributed by atoms with Crippen LogP contribution in [0.4, 0.5) is 0 Å². The van der Waals surface area contributed by atoms with Crippen LogP contribution in [0, 0.1) is 0 Å². The van der Waals surface area contributed by atoms with Crippen molar-refractivity contribution in [2.45, 2.75) is 54.1 Å². The molecular weight excluding hydrogens is 468 g/mol. The lowest BCUT2D eigenvalue weighted by molar-refractivity contribution is -0.141. The van der Waals surface area contributed by atoms with Crippen LogP contribution in [0.15, 0.2) is 59.5 Å². The molecule has 0 bridgehead atoms. The standard InChI is InChI=1S/C26H34N2O6S/c1-33-21-9-11-22(12-10-21)35(31,32)25(23-8-5-15-27-23)34-19-24(29)28-16-13-26(30,14-17-28)18-20-6-3-2-4-7-20/h2-4,6-7,9-12,23,25,27,30H,5,8,13-19H2,1H3. The van der Waals surface area contributed by atoms with Crippen LogP contribution in [0.1, 0.15) is 31.2 Å². The van der Waals surface area contributed by atoms with E-state index in [9.17, 15) is 18.3 Å². The number of carbonyl (C=O) groups excluding carboxylic acids is 1. The largest absolute Gasteiger partial charge is 0.497 e.